The smallest absolute Gasteiger partial charge is 0.323 e. The molecule has 0 bridgehead atoms. The van der Waals surface area contributed by atoms with Crippen LogP contribution in [0.2, 0.25) is 0 Å². The topological polar surface area (TPSA) is 120 Å². The quantitative estimate of drug-likeness (QED) is 0.429. The van der Waals surface area contributed by atoms with Crippen molar-refractivity contribution in [2.45, 2.75) is 38.1 Å². The molecule has 0 unspecified atom stereocenters. The van der Waals surface area contributed by atoms with Crippen LogP contribution in [0.5, 0.6) is 0 Å². The Balaban J connectivity index is 1.50. The lowest BCUT2D eigenvalue weighted by atomic mass is 9.95. The number of hydrogen-bond donors (Lipinski definition) is 3. The van der Waals surface area contributed by atoms with E-state index >= 15 is 0 Å². The predicted molar refractivity (Wildman–Crippen MR) is 128 cm³/mol. The number of aromatic nitrogens is 5. The van der Waals surface area contributed by atoms with E-state index in [-0.39, 0.29) is 17.6 Å². The molecule has 3 N–H and O–H groups in total. The molecule has 1 saturated carbocycles. The van der Waals surface area contributed by atoms with Crippen LogP contribution >= 0.6 is 0 Å². The van der Waals surface area contributed by atoms with Gasteiger partial charge in [0.15, 0.2) is 17.2 Å². The van der Waals surface area contributed by atoms with Crippen LogP contribution in [0.25, 0.3) is 27.9 Å². The zero-order chi connectivity index (χ0) is 23.1. The van der Waals surface area contributed by atoms with Gasteiger partial charge in [0.05, 0.1) is 29.9 Å². The summed E-state index contributed by atoms with van der Waals surface area (Å²) in [6.07, 6.45) is 9.04. The first-order valence-corrected chi connectivity index (χ1v) is 11.9. The molecule has 1 aromatic carbocycles. The van der Waals surface area contributed by atoms with Crippen LogP contribution < -0.4 is 15.9 Å². The number of ether oxygens (including phenoxy) is 1. The van der Waals surface area contributed by atoms with Crippen molar-refractivity contribution >= 4 is 28.4 Å². The number of amides is 1. The number of carbonyl (C=O) groups excluding carboxylic acids is 1. The van der Waals surface area contributed by atoms with Crippen LogP contribution in [0.3, 0.4) is 0 Å². The minimum atomic E-state index is -0.264. The highest BCUT2D eigenvalue weighted by Crippen LogP contribution is 2.31. The highest BCUT2D eigenvalue weighted by Gasteiger charge is 2.27. The van der Waals surface area contributed by atoms with E-state index in [9.17, 15) is 9.59 Å². The summed E-state index contributed by atoms with van der Waals surface area (Å²) in [6, 6.07) is 5.79. The molecule has 4 heterocycles. The number of morpholine rings is 1. The summed E-state index contributed by atoms with van der Waals surface area (Å²) in [7, 11) is 0. The molecule has 2 fully saturated rings. The van der Waals surface area contributed by atoms with E-state index in [1.165, 1.54) is 6.42 Å². The molecular weight excluding hydrogens is 434 g/mol. The van der Waals surface area contributed by atoms with Crippen LogP contribution in [-0.4, -0.2) is 62.6 Å². The van der Waals surface area contributed by atoms with Crippen molar-refractivity contribution in [1.82, 2.24) is 29.7 Å². The van der Waals surface area contributed by atoms with Gasteiger partial charge in [-0.25, -0.2) is 14.8 Å². The second-order valence-corrected chi connectivity index (χ2v) is 9.00. The van der Waals surface area contributed by atoms with E-state index in [1.54, 1.807) is 6.20 Å². The molecule has 0 atom stereocenters. The normalized spacial score (nSPS) is 17.5. The van der Waals surface area contributed by atoms with Gasteiger partial charge in [-0.2, -0.15) is 0 Å². The molecule has 3 aromatic heterocycles. The zero-order valence-corrected chi connectivity index (χ0v) is 18.8. The lowest BCUT2D eigenvalue weighted by molar-refractivity contribution is 0.0924. The van der Waals surface area contributed by atoms with Crippen LogP contribution in [0.1, 0.15) is 42.6 Å². The number of hydrogen-bond acceptors (Lipinski definition) is 6. The summed E-state index contributed by atoms with van der Waals surface area (Å²) in [5.74, 6) is 0.557. The Morgan fingerprint density at radius 1 is 1.09 bits per heavy atom. The Morgan fingerprint density at radius 3 is 2.71 bits per heavy atom. The average molecular weight is 462 g/mol. The Morgan fingerprint density at radius 2 is 1.88 bits per heavy atom. The SMILES string of the molecule is O=C(NC1CCCCC1)c1nc2c(N3CCOCC3)nccn2c1-c1ccc2[nH]c(=O)[nH]c2c1. The van der Waals surface area contributed by atoms with Gasteiger partial charge in [0.1, 0.15) is 0 Å². The van der Waals surface area contributed by atoms with E-state index in [1.807, 2.05) is 28.8 Å². The fraction of sp³-hybridized carbons (Fsp3) is 0.417. The van der Waals surface area contributed by atoms with Gasteiger partial charge >= 0.3 is 5.69 Å². The van der Waals surface area contributed by atoms with Crippen LogP contribution in [0.4, 0.5) is 5.82 Å². The van der Waals surface area contributed by atoms with Crippen molar-refractivity contribution in [3.63, 3.8) is 0 Å². The summed E-state index contributed by atoms with van der Waals surface area (Å²) in [5, 5.41) is 3.21. The van der Waals surface area contributed by atoms with E-state index in [4.69, 9.17) is 9.72 Å². The summed E-state index contributed by atoms with van der Waals surface area (Å²) < 4.78 is 7.43. The number of H-pyrrole nitrogens is 2. The van der Waals surface area contributed by atoms with Gasteiger partial charge in [-0.05, 0) is 25.0 Å². The molecule has 0 radical (unpaired) electrons. The third kappa shape index (κ3) is 3.73. The van der Waals surface area contributed by atoms with Crippen LogP contribution in [-0.2, 0) is 4.74 Å². The number of nitrogens with one attached hydrogen (secondary N) is 3. The molecule has 1 amide bonds. The highest BCUT2D eigenvalue weighted by molar-refractivity contribution is 6.01. The van der Waals surface area contributed by atoms with Crippen molar-refractivity contribution in [3.05, 3.63) is 46.8 Å². The van der Waals surface area contributed by atoms with Gasteiger partial charge in [-0.1, -0.05) is 25.3 Å². The maximum atomic E-state index is 13.5. The Kier molecular flexibility index (Phi) is 5.29. The standard InChI is InChI=1S/C24H27N7O3/c32-23(26-16-4-2-1-3-5-16)19-20(15-6-7-17-18(14-15)28-24(33)27-17)31-9-8-25-21(22(31)29-19)30-10-12-34-13-11-30/h6-9,14,16H,1-5,10-13H2,(H,26,32)(H2,27,28,33). The molecular formula is C24H27N7O3. The number of carbonyl (C=O) groups is 1. The Hall–Kier alpha value is -3.66. The average Bonchev–Trinajstić information content (AvgIpc) is 3.44. The number of aromatic amines is 2. The second-order valence-electron chi connectivity index (χ2n) is 9.00. The summed E-state index contributed by atoms with van der Waals surface area (Å²) in [5.41, 5.74) is 3.61. The minimum absolute atomic E-state index is 0.166. The molecule has 1 saturated heterocycles. The van der Waals surface area contributed by atoms with Crippen molar-refractivity contribution < 1.29 is 9.53 Å². The first kappa shape index (κ1) is 20.9. The summed E-state index contributed by atoms with van der Waals surface area (Å²) in [4.78, 5) is 42.5. The van der Waals surface area contributed by atoms with Gasteiger partial charge < -0.3 is 24.9 Å². The monoisotopic (exact) mass is 461 g/mol. The molecule has 2 aliphatic rings. The second kappa shape index (κ2) is 8.60. The fourth-order valence-corrected chi connectivity index (χ4v) is 5.08. The van der Waals surface area contributed by atoms with Gasteiger partial charge in [0.2, 0.25) is 0 Å². The first-order chi connectivity index (χ1) is 16.7. The third-order valence-corrected chi connectivity index (χ3v) is 6.78. The summed E-state index contributed by atoms with van der Waals surface area (Å²) >= 11 is 0. The van der Waals surface area contributed by atoms with E-state index in [0.29, 0.717) is 41.3 Å². The Bertz CT molecular complexity index is 1410. The van der Waals surface area contributed by atoms with E-state index in [0.717, 1.165) is 50.2 Å². The molecule has 1 aliphatic carbocycles. The van der Waals surface area contributed by atoms with Gasteiger partial charge in [0, 0.05) is 37.1 Å². The van der Waals surface area contributed by atoms with Gasteiger partial charge in [-0.3, -0.25) is 9.20 Å². The highest BCUT2D eigenvalue weighted by atomic mass is 16.5. The molecule has 6 rings (SSSR count). The van der Waals surface area contributed by atoms with E-state index in [2.05, 4.69) is 25.2 Å². The molecule has 34 heavy (non-hydrogen) atoms. The lowest BCUT2D eigenvalue weighted by Crippen LogP contribution is -2.37. The number of benzene rings is 1. The van der Waals surface area contributed by atoms with Gasteiger partial charge in [0.25, 0.3) is 5.91 Å². The third-order valence-electron chi connectivity index (χ3n) is 6.78. The summed E-state index contributed by atoms with van der Waals surface area (Å²) in [6.45, 7) is 2.69. The number of nitrogens with zero attached hydrogens (tertiary/aromatic N) is 4. The lowest BCUT2D eigenvalue weighted by Gasteiger charge is -2.27. The largest absolute Gasteiger partial charge is 0.378 e. The molecule has 10 nitrogen and oxygen atoms in total. The van der Waals surface area contributed by atoms with Crippen molar-refractivity contribution in [3.8, 4) is 11.3 Å². The molecule has 10 heteroatoms. The van der Waals surface area contributed by atoms with Crippen LogP contribution in [0.15, 0.2) is 35.4 Å². The predicted octanol–water partition coefficient (Wildman–Crippen LogP) is 2.46. The minimum Gasteiger partial charge on any atom is -0.378 e. The molecule has 176 valence electrons. The van der Waals surface area contributed by atoms with Crippen molar-refractivity contribution in [2.75, 3.05) is 31.2 Å². The number of anilines is 1. The van der Waals surface area contributed by atoms with E-state index < -0.39 is 0 Å². The fourth-order valence-electron chi connectivity index (χ4n) is 5.08. The molecule has 4 aromatic rings. The first-order valence-electron chi connectivity index (χ1n) is 11.9. The zero-order valence-electron chi connectivity index (χ0n) is 18.8. The number of rotatable bonds is 4. The molecule has 0 spiro atoms. The number of fused-ring (bicyclic) bond motifs is 2. The maximum Gasteiger partial charge on any atom is 0.323 e. The molecule has 1 aliphatic heterocycles. The van der Waals surface area contributed by atoms with Crippen molar-refractivity contribution in [1.29, 1.82) is 0 Å². The van der Waals surface area contributed by atoms with Crippen molar-refractivity contribution in [2.24, 2.45) is 0 Å². The Labute approximate surface area is 195 Å². The number of imidazole rings is 2. The van der Waals surface area contributed by atoms with Crippen LogP contribution in [0, 0.1) is 0 Å². The maximum absolute atomic E-state index is 13.5. The van der Waals surface area contributed by atoms with Gasteiger partial charge in [-0.15, -0.1) is 0 Å².